The average molecular weight is 215 g/mol. The minimum absolute atomic E-state index is 0.161. The molecule has 16 heavy (non-hydrogen) atoms. The summed E-state index contributed by atoms with van der Waals surface area (Å²) < 4.78 is 12.8. The van der Waals surface area contributed by atoms with Crippen LogP contribution < -0.4 is 5.73 Å². The van der Waals surface area contributed by atoms with E-state index in [4.69, 9.17) is 5.73 Å². The van der Waals surface area contributed by atoms with E-state index in [0.29, 0.717) is 11.1 Å². The minimum Gasteiger partial charge on any atom is -0.398 e. The summed E-state index contributed by atoms with van der Waals surface area (Å²) in [4.78, 5) is 12.0. The van der Waals surface area contributed by atoms with Gasteiger partial charge in [-0.3, -0.25) is 4.79 Å². The monoisotopic (exact) mass is 215 g/mol. The van der Waals surface area contributed by atoms with E-state index in [1.54, 1.807) is 24.3 Å². The highest BCUT2D eigenvalue weighted by molar-refractivity contribution is 6.11. The van der Waals surface area contributed by atoms with Crippen molar-refractivity contribution in [3.8, 4) is 0 Å². The summed E-state index contributed by atoms with van der Waals surface area (Å²) in [6.07, 6.45) is 0. The van der Waals surface area contributed by atoms with E-state index in [9.17, 15) is 9.18 Å². The van der Waals surface area contributed by atoms with Crippen molar-refractivity contribution in [1.29, 1.82) is 0 Å². The minimum atomic E-state index is -0.442. The smallest absolute Gasteiger partial charge is 0.195 e. The highest BCUT2D eigenvalue weighted by Crippen LogP contribution is 2.17. The molecular weight excluding hydrogens is 205 g/mol. The number of hydrogen-bond acceptors (Lipinski definition) is 2. The fourth-order valence-corrected chi connectivity index (χ4v) is 1.49. The molecule has 0 aliphatic rings. The second kappa shape index (κ2) is 4.14. The van der Waals surface area contributed by atoms with Crippen molar-refractivity contribution in [2.45, 2.75) is 0 Å². The molecule has 2 nitrogen and oxygen atoms in total. The maximum absolute atomic E-state index is 12.8. The Hall–Kier alpha value is -2.16. The van der Waals surface area contributed by atoms with Crippen LogP contribution in [0.3, 0.4) is 0 Å². The number of rotatable bonds is 2. The third-order valence-corrected chi connectivity index (χ3v) is 2.29. The molecule has 3 heteroatoms. The number of halogens is 1. The number of carbonyl (C=O) groups excluding carboxylic acids is 1. The van der Waals surface area contributed by atoms with Crippen LogP contribution in [-0.2, 0) is 0 Å². The fraction of sp³-hybridized carbons (Fsp3) is 0. The zero-order chi connectivity index (χ0) is 11.5. The van der Waals surface area contributed by atoms with Gasteiger partial charge in [0.05, 0.1) is 0 Å². The lowest BCUT2D eigenvalue weighted by molar-refractivity contribution is 0.103. The first-order valence-corrected chi connectivity index (χ1v) is 4.83. The van der Waals surface area contributed by atoms with Gasteiger partial charge in [-0.1, -0.05) is 30.3 Å². The summed E-state index contributed by atoms with van der Waals surface area (Å²) in [5.41, 5.74) is 6.63. The molecule has 0 aromatic heterocycles. The van der Waals surface area contributed by atoms with Gasteiger partial charge in [0.2, 0.25) is 0 Å². The van der Waals surface area contributed by atoms with Crippen LogP contribution in [0.25, 0.3) is 0 Å². The molecular formula is C13H10FNO. The first-order chi connectivity index (χ1) is 7.68. The van der Waals surface area contributed by atoms with E-state index >= 15 is 0 Å². The van der Waals surface area contributed by atoms with Gasteiger partial charge >= 0.3 is 0 Å². The second-order valence-corrected chi connectivity index (χ2v) is 3.43. The Balaban J connectivity index is 2.42. The van der Waals surface area contributed by atoms with Crippen molar-refractivity contribution in [2.24, 2.45) is 0 Å². The van der Waals surface area contributed by atoms with E-state index in [0.717, 1.165) is 6.07 Å². The molecule has 0 atom stereocenters. The molecule has 2 rings (SSSR count). The van der Waals surface area contributed by atoms with Crippen LogP contribution >= 0.6 is 0 Å². The number of ketones is 1. The quantitative estimate of drug-likeness (QED) is 0.618. The van der Waals surface area contributed by atoms with Crippen LogP contribution in [0.4, 0.5) is 10.1 Å². The van der Waals surface area contributed by atoms with Gasteiger partial charge in [-0.05, 0) is 18.2 Å². The number of hydrogen-bond donors (Lipinski definition) is 1. The van der Waals surface area contributed by atoms with Crippen molar-refractivity contribution < 1.29 is 9.18 Å². The zero-order valence-electron chi connectivity index (χ0n) is 8.48. The van der Waals surface area contributed by atoms with Crippen molar-refractivity contribution in [3.05, 3.63) is 65.5 Å². The summed E-state index contributed by atoms with van der Waals surface area (Å²) >= 11 is 0. The predicted molar refractivity (Wildman–Crippen MR) is 60.7 cm³/mol. The molecule has 0 aliphatic carbocycles. The summed E-state index contributed by atoms with van der Waals surface area (Å²) in [6.45, 7) is 0. The summed E-state index contributed by atoms with van der Waals surface area (Å²) in [7, 11) is 0. The third-order valence-electron chi connectivity index (χ3n) is 2.29. The van der Waals surface area contributed by atoms with Gasteiger partial charge in [-0.25, -0.2) is 4.39 Å². The lowest BCUT2D eigenvalue weighted by Gasteiger charge is -2.04. The van der Waals surface area contributed by atoms with Crippen molar-refractivity contribution in [3.63, 3.8) is 0 Å². The van der Waals surface area contributed by atoms with Crippen LogP contribution in [-0.4, -0.2) is 5.78 Å². The van der Waals surface area contributed by atoms with Crippen molar-refractivity contribution in [1.82, 2.24) is 0 Å². The van der Waals surface area contributed by atoms with Gasteiger partial charge in [0.1, 0.15) is 5.82 Å². The Morgan fingerprint density at radius 3 is 2.38 bits per heavy atom. The van der Waals surface area contributed by atoms with E-state index in [-0.39, 0.29) is 11.5 Å². The maximum Gasteiger partial charge on any atom is 0.195 e. The van der Waals surface area contributed by atoms with Crippen molar-refractivity contribution in [2.75, 3.05) is 5.73 Å². The Morgan fingerprint density at radius 2 is 1.75 bits per heavy atom. The van der Waals surface area contributed by atoms with Crippen LogP contribution in [0.15, 0.2) is 48.5 Å². The molecule has 0 aliphatic heterocycles. The second-order valence-electron chi connectivity index (χ2n) is 3.43. The Morgan fingerprint density at radius 1 is 1.06 bits per heavy atom. The molecule has 0 saturated carbocycles. The largest absolute Gasteiger partial charge is 0.398 e. The van der Waals surface area contributed by atoms with Crippen LogP contribution in [0.2, 0.25) is 0 Å². The van der Waals surface area contributed by atoms with Gasteiger partial charge in [-0.2, -0.15) is 0 Å². The van der Waals surface area contributed by atoms with Gasteiger partial charge in [0.15, 0.2) is 5.78 Å². The fourth-order valence-electron chi connectivity index (χ4n) is 1.49. The number of nitrogen functional groups attached to an aromatic ring is 1. The number of nitrogens with two attached hydrogens (primary N) is 1. The SMILES string of the molecule is Nc1cc(F)ccc1C(=O)c1ccccc1. The lowest BCUT2D eigenvalue weighted by atomic mass is 10.0. The molecule has 2 aromatic carbocycles. The molecule has 0 bridgehead atoms. The van der Waals surface area contributed by atoms with E-state index < -0.39 is 5.82 Å². The van der Waals surface area contributed by atoms with Gasteiger partial charge in [0.25, 0.3) is 0 Å². The average Bonchev–Trinajstić information content (AvgIpc) is 2.29. The summed E-state index contributed by atoms with van der Waals surface area (Å²) in [5, 5.41) is 0. The highest BCUT2D eigenvalue weighted by atomic mass is 19.1. The summed E-state index contributed by atoms with van der Waals surface area (Å²) in [5.74, 6) is -0.639. The highest BCUT2D eigenvalue weighted by Gasteiger charge is 2.11. The molecule has 0 unspecified atom stereocenters. The molecule has 0 saturated heterocycles. The lowest BCUT2D eigenvalue weighted by Crippen LogP contribution is -2.05. The van der Waals surface area contributed by atoms with E-state index in [1.807, 2.05) is 6.07 Å². The normalized spacial score (nSPS) is 10.1. The van der Waals surface area contributed by atoms with E-state index in [2.05, 4.69) is 0 Å². The van der Waals surface area contributed by atoms with Crippen LogP contribution in [0.5, 0.6) is 0 Å². The third kappa shape index (κ3) is 1.93. The summed E-state index contributed by atoms with van der Waals surface area (Å²) in [6, 6.07) is 12.5. The molecule has 0 spiro atoms. The molecule has 80 valence electrons. The predicted octanol–water partition coefficient (Wildman–Crippen LogP) is 2.64. The molecule has 2 N–H and O–H groups in total. The first-order valence-electron chi connectivity index (χ1n) is 4.83. The maximum atomic E-state index is 12.8. The Labute approximate surface area is 92.5 Å². The van der Waals surface area contributed by atoms with Gasteiger partial charge < -0.3 is 5.73 Å². The first kappa shape index (κ1) is 10.4. The molecule has 0 radical (unpaired) electrons. The molecule has 2 aromatic rings. The van der Waals surface area contributed by atoms with Gasteiger partial charge in [-0.15, -0.1) is 0 Å². The molecule has 0 amide bonds. The standard InChI is InChI=1S/C13H10FNO/c14-10-6-7-11(12(15)8-10)13(16)9-4-2-1-3-5-9/h1-8H,15H2. The Bertz CT molecular complexity index is 523. The van der Waals surface area contributed by atoms with Crippen LogP contribution in [0, 0.1) is 5.82 Å². The number of carbonyl (C=O) groups is 1. The number of benzene rings is 2. The Kier molecular flexibility index (Phi) is 2.68. The van der Waals surface area contributed by atoms with E-state index in [1.165, 1.54) is 12.1 Å². The topological polar surface area (TPSA) is 43.1 Å². The number of anilines is 1. The molecule has 0 fully saturated rings. The van der Waals surface area contributed by atoms with Crippen LogP contribution in [0.1, 0.15) is 15.9 Å². The van der Waals surface area contributed by atoms with Gasteiger partial charge in [0, 0.05) is 16.8 Å². The molecule has 0 heterocycles. The zero-order valence-corrected chi connectivity index (χ0v) is 8.48. The van der Waals surface area contributed by atoms with Crippen molar-refractivity contribution >= 4 is 11.5 Å².